The smallest absolute Gasteiger partial charge is 0.408 e. The summed E-state index contributed by atoms with van der Waals surface area (Å²) in [5, 5.41) is 6.59. The van der Waals surface area contributed by atoms with Crippen molar-refractivity contribution in [3.05, 3.63) is 76.3 Å². The maximum atomic E-state index is 12.8. The number of halogens is 1. The van der Waals surface area contributed by atoms with E-state index in [9.17, 15) is 9.59 Å². The van der Waals surface area contributed by atoms with E-state index in [4.69, 9.17) is 14.2 Å². The number of rotatable bonds is 10. The molecule has 0 fully saturated rings. The average Bonchev–Trinajstić information content (AvgIpc) is 3.36. The molecule has 1 heterocycles. The molecule has 0 aliphatic carbocycles. The number of aromatic amines is 1. The number of amides is 2. The van der Waals surface area contributed by atoms with Crippen molar-refractivity contribution in [1.29, 1.82) is 0 Å². The molecule has 0 spiro atoms. The molecule has 0 saturated carbocycles. The van der Waals surface area contributed by atoms with Crippen LogP contribution in [0.5, 0.6) is 11.5 Å². The van der Waals surface area contributed by atoms with Crippen LogP contribution in [0.1, 0.15) is 16.8 Å². The van der Waals surface area contributed by atoms with Gasteiger partial charge in [0.05, 0.1) is 31.2 Å². The second-order valence-corrected chi connectivity index (χ2v) is 7.86. The summed E-state index contributed by atoms with van der Waals surface area (Å²) in [5.74, 6) is 0.569. The standard InChI is InChI=1S/C23H24BrN5O5/c1-32-20-10-21(33-2)18(24)8-16(20)11-27-29-22(30)19(9-17-12-25-14-26-17)28-23(31)34-13-15-6-4-3-5-7-15/h3-8,10-12,14,19H,9,13H2,1-2H3,(H,25,26)(H,28,31)(H,29,30)/b27-11-/t19-/m1/s1. The highest BCUT2D eigenvalue weighted by Gasteiger charge is 2.22. The quantitative estimate of drug-likeness (QED) is 0.273. The number of hydrazone groups is 1. The van der Waals surface area contributed by atoms with E-state index in [1.807, 2.05) is 30.3 Å². The monoisotopic (exact) mass is 529 g/mol. The summed E-state index contributed by atoms with van der Waals surface area (Å²) in [6, 6.07) is 11.7. The van der Waals surface area contributed by atoms with Crippen LogP contribution in [0.25, 0.3) is 0 Å². The molecule has 3 N–H and O–H groups in total. The van der Waals surface area contributed by atoms with E-state index in [1.165, 1.54) is 19.7 Å². The van der Waals surface area contributed by atoms with Crippen LogP contribution < -0.4 is 20.2 Å². The van der Waals surface area contributed by atoms with Gasteiger partial charge in [-0.2, -0.15) is 5.10 Å². The fraction of sp³-hybridized carbons (Fsp3) is 0.217. The first-order valence-corrected chi connectivity index (χ1v) is 11.0. The molecule has 1 atom stereocenters. The third kappa shape index (κ3) is 7.07. The number of nitrogens with zero attached hydrogens (tertiary/aromatic N) is 2. The molecule has 0 saturated heterocycles. The molecule has 0 bridgehead atoms. The molecule has 2 amide bonds. The second kappa shape index (κ2) is 12.4. The summed E-state index contributed by atoms with van der Waals surface area (Å²) in [7, 11) is 3.06. The Hall–Kier alpha value is -3.86. The van der Waals surface area contributed by atoms with Gasteiger partial charge in [0.25, 0.3) is 5.91 Å². The first-order chi connectivity index (χ1) is 16.5. The van der Waals surface area contributed by atoms with Crippen molar-refractivity contribution >= 4 is 34.1 Å². The van der Waals surface area contributed by atoms with Gasteiger partial charge in [-0.15, -0.1) is 0 Å². The molecule has 10 nitrogen and oxygen atoms in total. The highest BCUT2D eigenvalue weighted by Crippen LogP contribution is 2.31. The Kier molecular flexibility index (Phi) is 9.04. The van der Waals surface area contributed by atoms with Crippen molar-refractivity contribution in [2.75, 3.05) is 14.2 Å². The van der Waals surface area contributed by atoms with Crippen LogP contribution in [0.4, 0.5) is 4.79 Å². The topological polar surface area (TPSA) is 127 Å². The summed E-state index contributed by atoms with van der Waals surface area (Å²) >= 11 is 3.41. The minimum absolute atomic E-state index is 0.0787. The Morgan fingerprint density at radius 2 is 1.94 bits per heavy atom. The molecule has 1 aromatic heterocycles. The number of hydrogen-bond donors (Lipinski definition) is 3. The predicted molar refractivity (Wildman–Crippen MR) is 129 cm³/mol. The molecular formula is C23H24BrN5O5. The summed E-state index contributed by atoms with van der Waals surface area (Å²) in [5.41, 5.74) is 4.54. The van der Waals surface area contributed by atoms with E-state index in [0.717, 1.165) is 5.56 Å². The Bertz CT molecular complexity index is 1120. The fourth-order valence-corrected chi connectivity index (χ4v) is 3.48. The first-order valence-electron chi connectivity index (χ1n) is 10.2. The summed E-state index contributed by atoms with van der Waals surface area (Å²) in [4.78, 5) is 32.0. The SMILES string of the molecule is COc1cc(OC)c(/C=N\NC(=O)[C@@H](Cc2cnc[nH]2)NC(=O)OCc2ccccc2)cc1Br. The molecule has 0 unspecified atom stereocenters. The van der Waals surface area contributed by atoms with Gasteiger partial charge in [-0.25, -0.2) is 15.2 Å². The molecular weight excluding hydrogens is 506 g/mol. The molecule has 34 heavy (non-hydrogen) atoms. The van der Waals surface area contributed by atoms with Crippen LogP contribution in [-0.4, -0.2) is 48.4 Å². The first kappa shape index (κ1) is 24.8. The number of nitrogens with one attached hydrogen (secondary N) is 3. The molecule has 0 radical (unpaired) electrons. The number of alkyl carbamates (subject to hydrolysis) is 1. The molecule has 3 aromatic rings. The Balaban J connectivity index is 1.65. The highest BCUT2D eigenvalue weighted by molar-refractivity contribution is 9.10. The molecule has 0 aliphatic heterocycles. The largest absolute Gasteiger partial charge is 0.496 e. The van der Waals surface area contributed by atoms with Crippen LogP contribution in [0.2, 0.25) is 0 Å². The summed E-state index contributed by atoms with van der Waals surface area (Å²) in [6.45, 7) is 0.0787. The lowest BCUT2D eigenvalue weighted by Gasteiger charge is -2.16. The Labute approximate surface area is 204 Å². The maximum Gasteiger partial charge on any atom is 0.408 e. The normalized spacial score (nSPS) is 11.6. The van der Waals surface area contributed by atoms with Gasteiger partial charge in [0.15, 0.2) is 0 Å². The van der Waals surface area contributed by atoms with Crippen LogP contribution in [-0.2, 0) is 22.6 Å². The predicted octanol–water partition coefficient (Wildman–Crippen LogP) is 3.18. The average molecular weight is 530 g/mol. The lowest BCUT2D eigenvalue weighted by atomic mass is 10.1. The van der Waals surface area contributed by atoms with Gasteiger partial charge in [0.2, 0.25) is 0 Å². The minimum atomic E-state index is -0.953. The van der Waals surface area contributed by atoms with Crippen LogP contribution >= 0.6 is 15.9 Å². The number of aromatic nitrogens is 2. The number of H-pyrrole nitrogens is 1. The van der Waals surface area contributed by atoms with Crippen molar-refractivity contribution in [2.45, 2.75) is 19.1 Å². The molecule has 3 rings (SSSR count). The molecule has 178 valence electrons. The zero-order valence-corrected chi connectivity index (χ0v) is 20.2. The zero-order chi connectivity index (χ0) is 24.3. The fourth-order valence-electron chi connectivity index (χ4n) is 2.96. The van der Waals surface area contributed by atoms with E-state index in [-0.39, 0.29) is 13.0 Å². The van der Waals surface area contributed by atoms with Gasteiger partial charge >= 0.3 is 6.09 Å². The second-order valence-electron chi connectivity index (χ2n) is 7.00. The van der Waals surface area contributed by atoms with Crippen molar-refractivity contribution in [3.63, 3.8) is 0 Å². The maximum absolute atomic E-state index is 12.8. The summed E-state index contributed by atoms with van der Waals surface area (Å²) < 4.78 is 16.5. The molecule has 2 aromatic carbocycles. The highest BCUT2D eigenvalue weighted by atomic mass is 79.9. The lowest BCUT2D eigenvalue weighted by molar-refractivity contribution is -0.123. The van der Waals surface area contributed by atoms with Crippen LogP contribution in [0, 0.1) is 0 Å². The van der Waals surface area contributed by atoms with Gasteiger partial charge in [-0.1, -0.05) is 30.3 Å². The molecule has 0 aliphatic rings. The van der Waals surface area contributed by atoms with Crippen molar-refractivity contribution in [1.82, 2.24) is 20.7 Å². The van der Waals surface area contributed by atoms with Gasteiger partial charge in [0, 0.05) is 29.9 Å². The lowest BCUT2D eigenvalue weighted by Crippen LogP contribution is -2.47. The Morgan fingerprint density at radius 3 is 2.62 bits per heavy atom. The van der Waals surface area contributed by atoms with Crippen LogP contribution in [0.3, 0.4) is 0 Å². The number of hydrogen-bond acceptors (Lipinski definition) is 7. The van der Waals surface area contributed by atoms with E-state index in [2.05, 4.69) is 41.7 Å². The van der Waals surface area contributed by atoms with Gasteiger partial charge in [0.1, 0.15) is 24.1 Å². The van der Waals surface area contributed by atoms with Gasteiger partial charge in [-0.05, 0) is 27.6 Å². The van der Waals surface area contributed by atoms with Crippen LogP contribution in [0.15, 0.2) is 64.6 Å². The van der Waals surface area contributed by atoms with E-state index in [0.29, 0.717) is 27.2 Å². The number of ether oxygens (including phenoxy) is 3. The Morgan fingerprint density at radius 1 is 1.18 bits per heavy atom. The number of carbonyl (C=O) groups excluding carboxylic acids is 2. The number of benzene rings is 2. The van der Waals surface area contributed by atoms with Crippen molar-refractivity contribution in [2.24, 2.45) is 5.10 Å². The van der Waals surface area contributed by atoms with Crippen molar-refractivity contribution < 1.29 is 23.8 Å². The van der Waals surface area contributed by atoms with Gasteiger partial charge < -0.3 is 24.5 Å². The minimum Gasteiger partial charge on any atom is -0.496 e. The van der Waals surface area contributed by atoms with E-state index < -0.39 is 18.0 Å². The summed E-state index contributed by atoms with van der Waals surface area (Å²) in [6.07, 6.45) is 3.93. The number of methoxy groups -OCH3 is 2. The zero-order valence-electron chi connectivity index (χ0n) is 18.6. The molecule has 11 heteroatoms. The van der Waals surface area contributed by atoms with Gasteiger partial charge in [-0.3, -0.25) is 4.79 Å². The van der Waals surface area contributed by atoms with Crippen molar-refractivity contribution in [3.8, 4) is 11.5 Å². The third-order valence-corrected chi connectivity index (χ3v) is 5.30. The number of carbonyl (C=O) groups is 2. The number of imidazole rings is 1. The third-order valence-electron chi connectivity index (χ3n) is 4.68. The van der Waals surface area contributed by atoms with E-state index in [1.54, 1.807) is 25.4 Å². The van der Waals surface area contributed by atoms with E-state index >= 15 is 0 Å².